The first kappa shape index (κ1) is 12.7. The van der Waals surface area contributed by atoms with Crippen molar-refractivity contribution in [3.05, 3.63) is 27.8 Å². The van der Waals surface area contributed by atoms with E-state index in [0.717, 1.165) is 19.3 Å². The van der Waals surface area contributed by atoms with E-state index >= 15 is 0 Å². The van der Waals surface area contributed by atoms with Gasteiger partial charge in [-0.15, -0.1) is 0 Å². The van der Waals surface area contributed by atoms with E-state index in [1.54, 1.807) is 7.11 Å². The maximum Gasteiger partial charge on any atom is 0.143 e. The van der Waals surface area contributed by atoms with E-state index in [-0.39, 0.29) is 6.54 Å². The Balaban J connectivity index is 2.55. The molecule has 1 aliphatic carbocycles. The van der Waals surface area contributed by atoms with Gasteiger partial charge in [0.15, 0.2) is 0 Å². The lowest BCUT2D eigenvalue weighted by atomic mass is 9.88. The second-order valence-electron chi connectivity index (χ2n) is 4.41. The smallest absolute Gasteiger partial charge is 0.143 e. The summed E-state index contributed by atoms with van der Waals surface area (Å²) in [5.41, 5.74) is 8.61. The Hall–Kier alpha value is -0.770. The molecule has 0 amide bonds. The molecule has 0 radical (unpaired) electrons. The third-order valence-electron chi connectivity index (χ3n) is 3.35. The van der Waals surface area contributed by atoms with Crippen molar-refractivity contribution in [2.75, 3.05) is 13.7 Å². The molecule has 0 saturated heterocycles. The molecule has 94 valence electrons. The molecular weight excluding hydrogens is 238 g/mol. The first-order valence-electron chi connectivity index (χ1n) is 5.95. The van der Waals surface area contributed by atoms with Crippen LogP contribution in [0.25, 0.3) is 0 Å². The molecule has 4 heteroatoms. The fraction of sp³-hybridized carbons (Fsp3) is 0.538. The van der Waals surface area contributed by atoms with Crippen molar-refractivity contribution in [2.24, 2.45) is 5.73 Å². The average molecular weight is 256 g/mol. The standard InChI is InChI=1S/C13H18ClNO2/c1-17-13-10(11(16)7-15)6-8-4-2-3-5-9(8)12(13)14/h6,11,16H,2-5,7,15H2,1H3. The lowest BCUT2D eigenvalue weighted by molar-refractivity contribution is 0.182. The highest BCUT2D eigenvalue weighted by molar-refractivity contribution is 6.33. The summed E-state index contributed by atoms with van der Waals surface area (Å²) in [6, 6.07) is 2.00. The Labute approximate surface area is 107 Å². The SMILES string of the molecule is COc1c(C(O)CN)cc2c(c1Cl)CCCC2. The van der Waals surface area contributed by atoms with Gasteiger partial charge in [0, 0.05) is 12.1 Å². The van der Waals surface area contributed by atoms with E-state index in [4.69, 9.17) is 22.1 Å². The van der Waals surface area contributed by atoms with Crippen LogP contribution in [-0.2, 0) is 12.8 Å². The molecule has 0 saturated carbocycles. The van der Waals surface area contributed by atoms with Crippen LogP contribution in [0.2, 0.25) is 5.02 Å². The monoisotopic (exact) mass is 255 g/mol. The number of hydrogen-bond donors (Lipinski definition) is 2. The number of halogens is 1. The summed E-state index contributed by atoms with van der Waals surface area (Å²) in [7, 11) is 1.57. The summed E-state index contributed by atoms with van der Waals surface area (Å²) in [6.07, 6.45) is 3.63. The highest BCUT2D eigenvalue weighted by Gasteiger charge is 2.22. The van der Waals surface area contributed by atoms with Gasteiger partial charge < -0.3 is 15.6 Å². The first-order chi connectivity index (χ1) is 8.19. The molecule has 0 fully saturated rings. The van der Waals surface area contributed by atoms with Crippen LogP contribution in [0.5, 0.6) is 5.75 Å². The largest absolute Gasteiger partial charge is 0.495 e. The molecule has 0 spiro atoms. The van der Waals surface area contributed by atoms with E-state index in [1.807, 2.05) is 6.07 Å². The Morgan fingerprint density at radius 2 is 2.18 bits per heavy atom. The van der Waals surface area contributed by atoms with Crippen LogP contribution in [-0.4, -0.2) is 18.8 Å². The van der Waals surface area contributed by atoms with Gasteiger partial charge in [-0.25, -0.2) is 0 Å². The Bertz CT molecular complexity index is 420. The van der Waals surface area contributed by atoms with Crippen LogP contribution in [0.1, 0.15) is 35.6 Å². The molecule has 0 bridgehead atoms. The van der Waals surface area contributed by atoms with Crippen molar-refractivity contribution in [1.82, 2.24) is 0 Å². The normalized spacial score (nSPS) is 16.5. The van der Waals surface area contributed by atoms with Crippen molar-refractivity contribution in [3.63, 3.8) is 0 Å². The zero-order chi connectivity index (χ0) is 12.4. The topological polar surface area (TPSA) is 55.5 Å². The van der Waals surface area contributed by atoms with Crippen LogP contribution in [0, 0.1) is 0 Å². The summed E-state index contributed by atoms with van der Waals surface area (Å²) in [5.74, 6) is 0.574. The summed E-state index contributed by atoms with van der Waals surface area (Å²) < 4.78 is 5.32. The molecule has 1 atom stereocenters. The number of ether oxygens (including phenoxy) is 1. The number of aryl methyl sites for hydroxylation is 1. The number of methoxy groups -OCH3 is 1. The van der Waals surface area contributed by atoms with Crippen molar-refractivity contribution in [2.45, 2.75) is 31.8 Å². The number of aliphatic hydroxyl groups excluding tert-OH is 1. The van der Waals surface area contributed by atoms with Gasteiger partial charge in [0.25, 0.3) is 0 Å². The van der Waals surface area contributed by atoms with Gasteiger partial charge in [0.05, 0.1) is 18.2 Å². The minimum Gasteiger partial charge on any atom is -0.495 e. The van der Waals surface area contributed by atoms with E-state index in [0.29, 0.717) is 16.3 Å². The second kappa shape index (κ2) is 5.25. The molecule has 2 rings (SSSR count). The predicted molar refractivity (Wildman–Crippen MR) is 68.7 cm³/mol. The van der Waals surface area contributed by atoms with Gasteiger partial charge in [0.1, 0.15) is 5.75 Å². The average Bonchev–Trinajstić information content (AvgIpc) is 2.37. The van der Waals surface area contributed by atoms with E-state index in [2.05, 4.69) is 0 Å². The number of benzene rings is 1. The van der Waals surface area contributed by atoms with E-state index < -0.39 is 6.10 Å². The minimum absolute atomic E-state index is 0.172. The highest BCUT2D eigenvalue weighted by Crippen LogP contribution is 2.40. The molecule has 0 aliphatic heterocycles. The van der Waals surface area contributed by atoms with Crippen molar-refractivity contribution in [3.8, 4) is 5.75 Å². The minimum atomic E-state index is -0.713. The zero-order valence-electron chi connectivity index (χ0n) is 10.0. The van der Waals surface area contributed by atoms with Crippen LogP contribution in [0.4, 0.5) is 0 Å². The fourth-order valence-electron chi connectivity index (χ4n) is 2.44. The number of fused-ring (bicyclic) bond motifs is 1. The molecule has 1 aliphatic rings. The molecule has 17 heavy (non-hydrogen) atoms. The second-order valence-corrected chi connectivity index (χ2v) is 4.79. The predicted octanol–water partition coefficient (Wildman–Crippen LogP) is 2.22. The van der Waals surface area contributed by atoms with E-state index in [1.165, 1.54) is 17.5 Å². The number of aliphatic hydroxyl groups is 1. The molecule has 3 nitrogen and oxygen atoms in total. The lowest BCUT2D eigenvalue weighted by Gasteiger charge is -2.23. The number of nitrogens with two attached hydrogens (primary N) is 1. The van der Waals surface area contributed by atoms with Crippen LogP contribution < -0.4 is 10.5 Å². The van der Waals surface area contributed by atoms with Gasteiger partial charge in [-0.3, -0.25) is 0 Å². The first-order valence-corrected chi connectivity index (χ1v) is 6.33. The highest BCUT2D eigenvalue weighted by atomic mass is 35.5. The quantitative estimate of drug-likeness (QED) is 0.871. The molecule has 0 heterocycles. The van der Waals surface area contributed by atoms with Gasteiger partial charge >= 0.3 is 0 Å². The molecule has 1 aromatic carbocycles. The van der Waals surface area contributed by atoms with E-state index in [9.17, 15) is 5.11 Å². The molecular formula is C13H18ClNO2. The van der Waals surface area contributed by atoms with Crippen LogP contribution in [0.3, 0.4) is 0 Å². The number of hydrogen-bond acceptors (Lipinski definition) is 3. The molecule has 1 aromatic rings. The third kappa shape index (κ3) is 2.28. The van der Waals surface area contributed by atoms with Crippen LogP contribution >= 0.6 is 11.6 Å². The summed E-state index contributed by atoms with van der Waals surface area (Å²) in [5, 5.41) is 10.5. The molecule has 1 unspecified atom stereocenters. The van der Waals surface area contributed by atoms with Gasteiger partial charge in [-0.2, -0.15) is 0 Å². The van der Waals surface area contributed by atoms with Gasteiger partial charge in [-0.1, -0.05) is 11.6 Å². The van der Waals surface area contributed by atoms with Crippen LogP contribution in [0.15, 0.2) is 6.07 Å². The Kier molecular flexibility index (Phi) is 3.92. The fourth-order valence-corrected chi connectivity index (χ4v) is 2.84. The Morgan fingerprint density at radius 3 is 2.82 bits per heavy atom. The summed E-state index contributed by atoms with van der Waals surface area (Å²) in [4.78, 5) is 0. The van der Waals surface area contributed by atoms with Crippen molar-refractivity contribution >= 4 is 11.6 Å². The Morgan fingerprint density at radius 1 is 1.47 bits per heavy atom. The van der Waals surface area contributed by atoms with Gasteiger partial charge in [-0.05, 0) is 42.9 Å². The maximum absolute atomic E-state index is 9.90. The summed E-state index contributed by atoms with van der Waals surface area (Å²) in [6.45, 7) is 0.172. The maximum atomic E-state index is 9.90. The molecule has 0 aromatic heterocycles. The molecule has 3 N–H and O–H groups in total. The zero-order valence-corrected chi connectivity index (χ0v) is 10.8. The lowest BCUT2D eigenvalue weighted by Crippen LogP contribution is -2.15. The number of rotatable bonds is 3. The van der Waals surface area contributed by atoms with Crippen molar-refractivity contribution in [1.29, 1.82) is 0 Å². The van der Waals surface area contributed by atoms with Crippen molar-refractivity contribution < 1.29 is 9.84 Å². The summed E-state index contributed by atoms with van der Waals surface area (Å²) >= 11 is 6.36. The van der Waals surface area contributed by atoms with Gasteiger partial charge in [0.2, 0.25) is 0 Å². The third-order valence-corrected chi connectivity index (χ3v) is 3.75.